The lowest BCUT2D eigenvalue weighted by Crippen LogP contribution is -2.06. The van der Waals surface area contributed by atoms with Crippen LogP contribution >= 0.6 is 0 Å². The summed E-state index contributed by atoms with van der Waals surface area (Å²) in [6, 6.07) is 10.7. The van der Waals surface area contributed by atoms with Gasteiger partial charge in [0.25, 0.3) is 0 Å². The first-order chi connectivity index (χ1) is 9.67. The lowest BCUT2D eigenvalue weighted by molar-refractivity contribution is -0.114. The van der Waals surface area contributed by atoms with Gasteiger partial charge in [-0.25, -0.2) is 4.98 Å². The van der Waals surface area contributed by atoms with Crippen LogP contribution in [0.15, 0.2) is 42.6 Å². The van der Waals surface area contributed by atoms with Gasteiger partial charge in [-0.2, -0.15) is 0 Å². The summed E-state index contributed by atoms with van der Waals surface area (Å²) < 4.78 is 5.56. The van der Waals surface area contributed by atoms with Gasteiger partial charge in [-0.15, -0.1) is 0 Å². The number of amides is 1. The largest absolute Gasteiger partial charge is 0.487 e. The Bertz CT molecular complexity index is 609. The summed E-state index contributed by atoms with van der Waals surface area (Å²) in [5.74, 6) is 0.470. The molecule has 20 heavy (non-hydrogen) atoms. The average molecular weight is 270 g/mol. The smallest absolute Gasteiger partial charge is 0.221 e. The zero-order chi connectivity index (χ0) is 14.4. The maximum absolute atomic E-state index is 11.0. The van der Waals surface area contributed by atoms with E-state index in [4.69, 9.17) is 4.74 Å². The molecule has 1 amide bonds. The predicted molar refractivity (Wildman–Crippen MR) is 74.7 cm³/mol. The molecule has 0 bridgehead atoms. The fourth-order valence-corrected chi connectivity index (χ4v) is 1.66. The molecule has 0 spiro atoms. The van der Waals surface area contributed by atoms with E-state index in [0.717, 1.165) is 11.3 Å². The van der Waals surface area contributed by atoms with Crippen molar-refractivity contribution in [1.82, 2.24) is 4.98 Å². The van der Waals surface area contributed by atoms with Crippen molar-refractivity contribution in [3.63, 3.8) is 0 Å². The van der Waals surface area contributed by atoms with Crippen molar-refractivity contribution in [2.45, 2.75) is 13.5 Å². The van der Waals surface area contributed by atoms with E-state index >= 15 is 0 Å². The van der Waals surface area contributed by atoms with Gasteiger partial charge in [-0.05, 0) is 29.8 Å². The number of hydrogen-bond donors (Lipinski definition) is 1. The summed E-state index contributed by atoms with van der Waals surface area (Å²) in [6.45, 7) is 1.82. The number of aldehydes is 1. The minimum Gasteiger partial charge on any atom is -0.487 e. The molecule has 102 valence electrons. The van der Waals surface area contributed by atoms with Gasteiger partial charge in [0.2, 0.25) is 5.91 Å². The second-order valence-electron chi connectivity index (χ2n) is 4.21. The van der Waals surface area contributed by atoms with Gasteiger partial charge < -0.3 is 10.1 Å². The third kappa shape index (κ3) is 3.91. The number of hydrogen-bond acceptors (Lipinski definition) is 4. The van der Waals surface area contributed by atoms with Gasteiger partial charge in [-0.1, -0.05) is 12.1 Å². The number of pyridine rings is 1. The second-order valence-corrected chi connectivity index (χ2v) is 4.21. The van der Waals surface area contributed by atoms with E-state index in [1.54, 1.807) is 12.1 Å². The summed E-state index contributed by atoms with van der Waals surface area (Å²) >= 11 is 0. The number of ether oxygens (including phenoxy) is 1. The molecule has 0 saturated carbocycles. The number of anilines is 1. The Morgan fingerprint density at radius 2 is 2.20 bits per heavy atom. The van der Waals surface area contributed by atoms with E-state index in [1.807, 2.05) is 24.3 Å². The first-order valence-corrected chi connectivity index (χ1v) is 6.08. The summed E-state index contributed by atoms with van der Waals surface area (Å²) in [5.41, 5.74) is 2.02. The van der Waals surface area contributed by atoms with Crippen LogP contribution in [0.4, 0.5) is 5.69 Å². The van der Waals surface area contributed by atoms with Crippen LogP contribution in [0.2, 0.25) is 0 Å². The van der Waals surface area contributed by atoms with Crippen LogP contribution in [0.3, 0.4) is 0 Å². The number of carbonyl (C=O) groups excluding carboxylic acids is 2. The number of benzene rings is 1. The van der Waals surface area contributed by atoms with Gasteiger partial charge in [0.15, 0.2) is 6.29 Å². The minimum absolute atomic E-state index is 0.114. The lowest BCUT2D eigenvalue weighted by Gasteiger charge is -2.08. The average Bonchev–Trinajstić information content (AvgIpc) is 2.45. The molecule has 1 aromatic heterocycles. The maximum Gasteiger partial charge on any atom is 0.221 e. The molecule has 0 aliphatic rings. The number of rotatable bonds is 5. The van der Waals surface area contributed by atoms with E-state index in [0.29, 0.717) is 24.3 Å². The lowest BCUT2D eigenvalue weighted by atomic mass is 10.2. The topological polar surface area (TPSA) is 68.3 Å². The van der Waals surface area contributed by atoms with Crippen molar-refractivity contribution >= 4 is 17.9 Å². The van der Waals surface area contributed by atoms with E-state index in [1.165, 1.54) is 13.1 Å². The quantitative estimate of drug-likeness (QED) is 0.847. The number of nitrogens with one attached hydrogen (secondary N) is 1. The third-order valence-corrected chi connectivity index (χ3v) is 2.53. The first-order valence-electron chi connectivity index (χ1n) is 6.08. The molecule has 0 radical (unpaired) electrons. The van der Waals surface area contributed by atoms with Crippen LogP contribution in [-0.2, 0) is 11.4 Å². The Hall–Kier alpha value is -2.69. The highest BCUT2D eigenvalue weighted by Gasteiger charge is 2.00. The molecule has 0 aliphatic heterocycles. The molecule has 0 unspecified atom stereocenters. The fraction of sp³-hybridized carbons (Fsp3) is 0.133. The van der Waals surface area contributed by atoms with E-state index in [-0.39, 0.29) is 5.91 Å². The van der Waals surface area contributed by atoms with E-state index in [2.05, 4.69) is 10.3 Å². The Morgan fingerprint density at radius 1 is 1.35 bits per heavy atom. The molecule has 0 atom stereocenters. The molecule has 0 saturated heterocycles. The van der Waals surface area contributed by atoms with Crippen LogP contribution in [0.25, 0.3) is 0 Å². The zero-order valence-corrected chi connectivity index (χ0v) is 11.0. The van der Waals surface area contributed by atoms with Crippen LogP contribution in [-0.4, -0.2) is 17.2 Å². The van der Waals surface area contributed by atoms with Gasteiger partial charge in [0, 0.05) is 12.6 Å². The molecule has 2 rings (SSSR count). The number of carbonyl (C=O) groups is 2. The zero-order valence-electron chi connectivity index (χ0n) is 11.0. The Labute approximate surface area is 116 Å². The first kappa shape index (κ1) is 13.7. The second kappa shape index (κ2) is 6.47. The normalized spacial score (nSPS) is 9.85. The van der Waals surface area contributed by atoms with Gasteiger partial charge in [-0.3, -0.25) is 9.59 Å². The third-order valence-electron chi connectivity index (χ3n) is 2.53. The van der Waals surface area contributed by atoms with Crippen LogP contribution in [0, 0.1) is 0 Å². The van der Waals surface area contributed by atoms with Gasteiger partial charge >= 0.3 is 0 Å². The predicted octanol–water partition coefficient (Wildman–Crippen LogP) is 2.43. The van der Waals surface area contributed by atoms with Crippen molar-refractivity contribution in [3.05, 3.63) is 53.9 Å². The highest BCUT2D eigenvalue weighted by molar-refractivity contribution is 5.88. The summed E-state index contributed by atoms with van der Waals surface area (Å²) in [7, 11) is 0. The Balaban J connectivity index is 1.99. The molecule has 2 aromatic rings. The van der Waals surface area contributed by atoms with Crippen molar-refractivity contribution in [2.24, 2.45) is 0 Å². The van der Waals surface area contributed by atoms with Crippen LogP contribution in [0.1, 0.15) is 23.0 Å². The molecule has 5 heteroatoms. The summed E-state index contributed by atoms with van der Waals surface area (Å²) in [4.78, 5) is 25.4. The van der Waals surface area contributed by atoms with Gasteiger partial charge in [0.05, 0.1) is 6.20 Å². The molecule has 1 heterocycles. The maximum atomic E-state index is 11.0. The van der Waals surface area contributed by atoms with Crippen LogP contribution in [0.5, 0.6) is 5.75 Å². The molecule has 1 aromatic carbocycles. The summed E-state index contributed by atoms with van der Waals surface area (Å²) in [6.07, 6.45) is 2.18. The highest BCUT2D eigenvalue weighted by Crippen LogP contribution is 2.14. The minimum atomic E-state index is -0.114. The molecular weight excluding hydrogens is 256 g/mol. The standard InChI is InChI=1S/C15H14N2O3/c1-11(19)17-13-4-2-3-12(7-13)10-20-15-6-5-14(9-18)16-8-15/h2-9H,10H2,1H3,(H,17,19). The molecule has 5 nitrogen and oxygen atoms in total. The molecule has 0 fully saturated rings. The van der Waals surface area contributed by atoms with Crippen molar-refractivity contribution in [2.75, 3.05) is 5.32 Å². The number of nitrogens with zero attached hydrogens (tertiary/aromatic N) is 1. The van der Waals surface area contributed by atoms with Gasteiger partial charge in [0.1, 0.15) is 18.1 Å². The Morgan fingerprint density at radius 3 is 2.85 bits per heavy atom. The summed E-state index contributed by atoms with van der Waals surface area (Å²) in [5, 5.41) is 2.71. The van der Waals surface area contributed by atoms with E-state index in [9.17, 15) is 9.59 Å². The van der Waals surface area contributed by atoms with Crippen LogP contribution < -0.4 is 10.1 Å². The number of aromatic nitrogens is 1. The SMILES string of the molecule is CC(=O)Nc1cccc(COc2ccc(C=O)nc2)c1. The monoisotopic (exact) mass is 270 g/mol. The highest BCUT2D eigenvalue weighted by atomic mass is 16.5. The fourth-order valence-electron chi connectivity index (χ4n) is 1.66. The molecular formula is C15H14N2O3. The molecule has 1 N–H and O–H groups in total. The van der Waals surface area contributed by atoms with Crippen molar-refractivity contribution in [3.8, 4) is 5.75 Å². The van der Waals surface area contributed by atoms with Crippen molar-refractivity contribution in [1.29, 1.82) is 0 Å². The Kier molecular flexibility index (Phi) is 4.44. The van der Waals surface area contributed by atoms with Crippen molar-refractivity contribution < 1.29 is 14.3 Å². The molecule has 0 aliphatic carbocycles. The van der Waals surface area contributed by atoms with E-state index < -0.39 is 0 Å².